The SMILES string of the molecule is CC(=O)O[C@@]12C[C@@H]3[C@@H]4[C@@H]5C[C@@H]6[C@H]4[C@H]3[C@H]1C1(OCCO1)[C@H]6[C@@H]52. The minimum atomic E-state index is -0.388. The van der Waals surface area contributed by atoms with Crippen LogP contribution in [0.3, 0.4) is 0 Å². The van der Waals surface area contributed by atoms with Crippen molar-refractivity contribution in [3.05, 3.63) is 0 Å². The van der Waals surface area contributed by atoms with Crippen LogP contribution < -0.4 is 0 Å². The molecule has 6 rings (SSSR count). The molecule has 1 heterocycles. The summed E-state index contributed by atoms with van der Waals surface area (Å²) in [5.74, 6) is 5.82. The van der Waals surface area contributed by atoms with Crippen molar-refractivity contribution >= 4 is 5.97 Å². The van der Waals surface area contributed by atoms with E-state index in [-0.39, 0.29) is 17.4 Å². The van der Waals surface area contributed by atoms with Gasteiger partial charge in [0.05, 0.1) is 19.1 Å². The minimum absolute atomic E-state index is 0.103. The first-order chi connectivity index (χ1) is 10.2. The first-order valence-corrected chi connectivity index (χ1v) is 8.66. The van der Waals surface area contributed by atoms with E-state index in [1.807, 2.05) is 0 Å². The van der Waals surface area contributed by atoms with E-state index in [9.17, 15) is 4.79 Å². The minimum Gasteiger partial charge on any atom is -0.458 e. The third-order valence-corrected chi connectivity index (χ3v) is 8.72. The average Bonchev–Trinajstić information content (AvgIpc) is 3.12. The van der Waals surface area contributed by atoms with E-state index >= 15 is 0 Å². The van der Waals surface area contributed by atoms with Crippen molar-refractivity contribution in [2.45, 2.75) is 31.2 Å². The molecule has 1 aliphatic heterocycles. The Balaban J connectivity index is 1.51. The van der Waals surface area contributed by atoms with Crippen molar-refractivity contribution in [3.63, 3.8) is 0 Å². The Morgan fingerprint density at radius 1 is 1.05 bits per heavy atom. The lowest BCUT2D eigenvalue weighted by molar-refractivity contribution is -0.292. The van der Waals surface area contributed by atoms with Gasteiger partial charge in [-0.25, -0.2) is 0 Å². The van der Waals surface area contributed by atoms with Crippen molar-refractivity contribution < 1.29 is 19.0 Å². The fourth-order valence-corrected chi connectivity index (χ4v) is 9.24. The zero-order chi connectivity index (χ0) is 13.7. The molecule has 0 unspecified atom stereocenters. The van der Waals surface area contributed by atoms with E-state index < -0.39 is 0 Å². The molecule has 0 aromatic carbocycles. The smallest absolute Gasteiger partial charge is 0.303 e. The van der Waals surface area contributed by atoms with E-state index in [1.54, 1.807) is 6.92 Å². The van der Waals surface area contributed by atoms with E-state index in [0.717, 1.165) is 49.2 Å². The molecule has 0 aromatic rings. The molecule has 112 valence electrons. The molecule has 0 radical (unpaired) electrons. The first kappa shape index (κ1) is 11.0. The molecule has 0 aromatic heterocycles. The lowest BCUT2D eigenvalue weighted by Crippen LogP contribution is -2.63. The fourth-order valence-electron chi connectivity index (χ4n) is 9.24. The van der Waals surface area contributed by atoms with E-state index in [0.29, 0.717) is 23.7 Å². The standard InChI is InChI=1S/C17H20O4/c1-6(18)21-16-5-9-10-7-4-8-11(10)12(9)15(16)17(14(8)13(7)16)19-2-3-20-17/h7-15H,2-5H2,1H3/t7-,8+,9+,10-,11+,12-,13+,14+,15+,16+/m0/s1. The van der Waals surface area contributed by atoms with Gasteiger partial charge in [-0.1, -0.05) is 0 Å². The number of ether oxygens (including phenoxy) is 3. The molecule has 4 nitrogen and oxygen atoms in total. The number of hydrogen-bond acceptors (Lipinski definition) is 4. The molecule has 6 fully saturated rings. The van der Waals surface area contributed by atoms with Gasteiger partial charge in [0, 0.05) is 18.8 Å². The van der Waals surface area contributed by atoms with Gasteiger partial charge in [0.25, 0.3) is 0 Å². The summed E-state index contributed by atoms with van der Waals surface area (Å²) in [5, 5.41) is 0. The second-order valence-corrected chi connectivity index (χ2v) is 8.66. The third kappa shape index (κ3) is 0.786. The van der Waals surface area contributed by atoms with Crippen LogP contribution in [0.25, 0.3) is 0 Å². The lowest BCUT2D eigenvalue weighted by atomic mass is 9.44. The summed E-state index contributed by atoms with van der Waals surface area (Å²) < 4.78 is 18.7. The van der Waals surface area contributed by atoms with Gasteiger partial charge in [-0.3, -0.25) is 4.79 Å². The summed E-state index contributed by atoms with van der Waals surface area (Å²) in [7, 11) is 0. The molecule has 5 aliphatic carbocycles. The zero-order valence-electron chi connectivity index (χ0n) is 12.2. The van der Waals surface area contributed by atoms with Crippen molar-refractivity contribution in [2.24, 2.45) is 53.3 Å². The highest BCUT2D eigenvalue weighted by atomic mass is 16.7. The summed E-state index contributed by atoms with van der Waals surface area (Å²) in [5.41, 5.74) is -0.239. The molecular weight excluding hydrogens is 268 g/mol. The quantitative estimate of drug-likeness (QED) is 0.541. The number of fused-ring (bicyclic) bond motifs is 16. The highest BCUT2D eigenvalue weighted by Gasteiger charge is 2.94. The highest BCUT2D eigenvalue weighted by molar-refractivity contribution is 5.67. The Morgan fingerprint density at radius 3 is 2.57 bits per heavy atom. The summed E-state index contributed by atoms with van der Waals surface area (Å²) in [4.78, 5) is 11.9. The third-order valence-electron chi connectivity index (χ3n) is 8.72. The summed E-state index contributed by atoms with van der Waals surface area (Å²) >= 11 is 0. The number of carbonyl (C=O) groups excluding carboxylic acids is 1. The van der Waals surface area contributed by atoms with Crippen LogP contribution in [0.15, 0.2) is 0 Å². The molecule has 6 aliphatic rings. The zero-order valence-corrected chi connectivity index (χ0v) is 12.2. The molecule has 1 spiro atoms. The number of carbonyl (C=O) groups is 1. The van der Waals surface area contributed by atoms with Crippen LogP contribution in [-0.2, 0) is 19.0 Å². The van der Waals surface area contributed by atoms with Crippen LogP contribution in [0.5, 0.6) is 0 Å². The number of esters is 1. The molecule has 5 saturated carbocycles. The summed E-state index contributed by atoms with van der Waals surface area (Å²) in [6, 6.07) is 0. The Morgan fingerprint density at radius 2 is 1.81 bits per heavy atom. The fraction of sp³-hybridized carbons (Fsp3) is 0.941. The molecule has 0 amide bonds. The van der Waals surface area contributed by atoms with Crippen LogP contribution in [0.4, 0.5) is 0 Å². The van der Waals surface area contributed by atoms with Crippen molar-refractivity contribution in [1.82, 2.24) is 0 Å². The maximum Gasteiger partial charge on any atom is 0.303 e. The van der Waals surface area contributed by atoms with E-state index in [2.05, 4.69) is 0 Å². The van der Waals surface area contributed by atoms with Crippen LogP contribution >= 0.6 is 0 Å². The van der Waals surface area contributed by atoms with E-state index in [4.69, 9.17) is 14.2 Å². The normalized spacial score (nSPS) is 68.3. The highest BCUT2D eigenvalue weighted by Crippen LogP contribution is 2.90. The van der Waals surface area contributed by atoms with Crippen LogP contribution in [0.2, 0.25) is 0 Å². The van der Waals surface area contributed by atoms with Crippen molar-refractivity contribution in [3.8, 4) is 0 Å². The molecular formula is C17H20O4. The van der Waals surface area contributed by atoms with Gasteiger partial charge in [0.2, 0.25) is 0 Å². The predicted molar refractivity (Wildman–Crippen MR) is 69.8 cm³/mol. The molecule has 4 heteroatoms. The van der Waals surface area contributed by atoms with Crippen LogP contribution in [0, 0.1) is 53.3 Å². The van der Waals surface area contributed by atoms with Crippen LogP contribution in [-0.4, -0.2) is 30.6 Å². The summed E-state index contributed by atoms with van der Waals surface area (Å²) in [6.45, 7) is 3.02. The Kier molecular flexibility index (Phi) is 1.47. The first-order valence-electron chi connectivity index (χ1n) is 8.66. The van der Waals surface area contributed by atoms with Gasteiger partial charge < -0.3 is 14.2 Å². The Hall–Kier alpha value is -0.610. The molecule has 2 bridgehead atoms. The largest absolute Gasteiger partial charge is 0.458 e. The van der Waals surface area contributed by atoms with Crippen molar-refractivity contribution in [2.75, 3.05) is 13.2 Å². The predicted octanol–water partition coefficient (Wildman–Crippen LogP) is 1.44. The molecule has 10 atom stereocenters. The van der Waals surface area contributed by atoms with Gasteiger partial charge in [0.1, 0.15) is 5.60 Å². The lowest BCUT2D eigenvalue weighted by Gasteiger charge is -2.62. The van der Waals surface area contributed by atoms with Crippen LogP contribution in [0.1, 0.15) is 19.8 Å². The summed E-state index contributed by atoms with van der Waals surface area (Å²) in [6.07, 6.45) is 2.45. The molecule has 1 saturated heterocycles. The van der Waals surface area contributed by atoms with Gasteiger partial charge in [0.15, 0.2) is 5.79 Å². The maximum absolute atomic E-state index is 11.9. The second kappa shape index (κ2) is 2.80. The van der Waals surface area contributed by atoms with Gasteiger partial charge in [-0.2, -0.15) is 0 Å². The Bertz CT molecular complexity index is 596. The van der Waals surface area contributed by atoms with Gasteiger partial charge >= 0.3 is 5.97 Å². The second-order valence-electron chi connectivity index (χ2n) is 8.66. The van der Waals surface area contributed by atoms with Gasteiger partial charge in [-0.05, 0) is 48.3 Å². The van der Waals surface area contributed by atoms with Crippen molar-refractivity contribution in [1.29, 1.82) is 0 Å². The number of hydrogen-bond donors (Lipinski definition) is 0. The van der Waals surface area contributed by atoms with E-state index in [1.165, 1.54) is 6.42 Å². The maximum atomic E-state index is 11.9. The molecule has 0 N–H and O–H groups in total. The Labute approximate surface area is 123 Å². The van der Waals surface area contributed by atoms with Gasteiger partial charge in [-0.15, -0.1) is 0 Å². The average molecular weight is 288 g/mol. The molecule has 21 heavy (non-hydrogen) atoms. The monoisotopic (exact) mass is 288 g/mol. The number of rotatable bonds is 1. The topological polar surface area (TPSA) is 44.8 Å².